The SMILES string of the molecule is COc1ccc(-n2cc(Br)c3cc(O)cc(C#N)c3c2=O)cc1. The van der Waals surface area contributed by atoms with Crippen LogP contribution in [0.2, 0.25) is 0 Å². The van der Waals surface area contributed by atoms with Gasteiger partial charge in [-0.2, -0.15) is 5.26 Å². The monoisotopic (exact) mass is 370 g/mol. The first-order valence-corrected chi connectivity index (χ1v) is 7.47. The molecule has 23 heavy (non-hydrogen) atoms. The van der Waals surface area contributed by atoms with Gasteiger partial charge in [-0.05, 0) is 52.3 Å². The molecular formula is C17H11BrN2O3. The molecule has 114 valence electrons. The van der Waals surface area contributed by atoms with E-state index in [4.69, 9.17) is 4.74 Å². The highest BCUT2D eigenvalue weighted by Gasteiger charge is 2.14. The minimum atomic E-state index is -0.329. The van der Waals surface area contributed by atoms with Crippen molar-refractivity contribution in [3.8, 4) is 23.3 Å². The van der Waals surface area contributed by atoms with Gasteiger partial charge >= 0.3 is 0 Å². The fourth-order valence-electron chi connectivity index (χ4n) is 2.43. The summed E-state index contributed by atoms with van der Waals surface area (Å²) in [5.41, 5.74) is 0.453. The second-order valence-electron chi connectivity index (χ2n) is 4.88. The van der Waals surface area contributed by atoms with Crippen molar-refractivity contribution in [2.24, 2.45) is 0 Å². The maximum absolute atomic E-state index is 12.8. The summed E-state index contributed by atoms with van der Waals surface area (Å²) in [5, 5.41) is 19.7. The van der Waals surface area contributed by atoms with Crippen LogP contribution in [0.1, 0.15) is 5.56 Å². The zero-order valence-corrected chi connectivity index (χ0v) is 13.7. The first kappa shape index (κ1) is 15.1. The molecule has 0 radical (unpaired) electrons. The standard InChI is InChI=1S/C17H11BrN2O3/c1-23-13-4-2-11(3-5-13)20-9-15(18)14-7-12(21)6-10(8-19)16(14)17(20)22/h2-7,9,21H,1H3. The number of phenolic OH excluding ortho intramolecular Hbond substituents is 1. The van der Waals surface area contributed by atoms with Crippen LogP contribution >= 0.6 is 15.9 Å². The number of hydrogen-bond donors (Lipinski definition) is 1. The van der Waals surface area contributed by atoms with Gasteiger partial charge in [0.25, 0.3) is 5.56 Å². The molecule has 6 heteroatoms. The van der Waals surface area contributed by atoms with Crippen LogP contribution in [0.15, 0.2) is 51.9 Å². The lowest BCUT2D eigenvalue weighted by molar-refractivity contribution is 0.414. The predicted molar refractivity (Wildman–Crippen MR) is 90.2 cm³/mol. The largest absolute Gasteiger partial charge is 0.508 e. The second kappa shape index (κ2) is 5.78. The Labute approximate surface area is 140 Å². The molecule has 3 rings (SSSR count). The average molecular weight is 371 g/mol. The molecule has 0 saturated heterocycles. The van der Waals surface area contributed by atoms with Crippen molar-refractivity contribution in [3.05, 3.63) is 63.0 Å². The topological polar surface area (TPSA) is 75.2 Å². The minimum absolute atomic E-state index is 0.0589. The number of nitrogens with zero attached hydrogens (tertiary/aromatic N) is 2. The fraction of sp³-hybridized carbons (Fsp3) is 0.0588. The van der Waals surface area contributed by atoms with E-state index in [9.17, 15) is 15.2 Å². The van der Waals surface area contributed by atoms with Crippen LogP contribution in [0.4, 0.5) is 0 Å². The van der Waals surface area contributed by atoms with Crippen molar-refractivity contribution in [1.29, 1.82) is 5.26 Å². The first-order valence-electron chi connectivity index (χ1n) is 6.67. The van der Waals surface area contributed by atoms with Crippen LogP contribution in [-0.4, -0.2) is 16.8 Å². The molecule has 1 N–H and O–H groups in total. The van der Waals surface area contributed by atoms with Crippen molar-refractivity contribution in [2.75, 3.05) is 7.11 Å². The van der Waals surface area contributed by atoms with Crippen molar-refractivity contribution in [1.82, 2.24) is 4.57 Å². The van der Waals surface area contributed by atoms with Gasteiger partial charge in [-0.1, -0.05) is 0 Å². The number of pyridine rings is 1. The van der Waals surface area contributed by atoms with Crippen molar-refractivity contribution >= 4 is 26.7 Å². The normalized spacial score (nSPS) is 10.5. The summed E-state index contributed by atoms with van der Waals surface area (Å²) in [6.07, 6.45) is 1.62. The Hall–Kier alpha value is -2.78. The maximum atomic E-state index is 12.8. The lowest BCUT2D eigenvalue weighted by Gasteiger charge is -2.11. The lowest BCUT2D eigenvalue weighted by Crippen LogP contribution is -2.19. The Morgan fingerprint density at radius 3 is 2.57 bits per heavy atom. The van der Waals surface area contributed by atoms with Crippen LogP contribution in [0.3, 0.4) is 0 Å². The predicted octanol–water partition coefficient (Wildman–Crippen LogP) is 3.34. The first-order chi connectivity index (χ1) is 11.0. The molecule has 5 nitrogen and oxygen atoms in total. The molecule has 2 aromatic carbocycles. The molecule has 0 aliphatic rings. The highest BCUT2D eigenvalue weighted by atomic mass is 79.9. The molecule has 3 aromatic rings. The van der Waals surface area contributed by atoms with Gasteiger partial charge in [0.2, 0.25) is 0 Å². The summed E-state index contributed by atoms with van der Waals surface area (Å²) in [5.74, 6) is 0.626. The smallest absolute Gasteiger partial charge is 0.264 e. The van der Waals surface area contributed by atoms with E-state index in [2.05, 4.69) is 15.9 Å². The number of ether oxygens (including phenoxy) is 1. The third-order valence-corrected chi connectivity index (χ3v) is 4.16. The van der Waals surface area contributed by atoms with Gasteiger partial charge in [-0.25, -0.2) is 0 Å². The van der Waals surface area contributed by atoms with E-state index in [1.165, 1.54) is 16.7 Å². The third kappa shape index (κ3) is 2.56. The number of nitriles is 1. The van der Waals surface area contributed by atoms with Gasteiger partial charge in [0.05, 0.1) is 18.1 Å². The van der Waals surface area contributed by atoms with E-state index in [0.29, 0.717) is 21.3 Å². The fourth-order valence-corrected chi connectivity index (χ4v) is 2.95. The van der Waals surface area contributed by atoms with Crippen LogP contribution in [0.5, 0.6) is 11.5 Å². The van der Waals surface area contributed by atoms with E-state index >= 15 is 0 Å². The van der Waals surface area contributed by atoms with Gasteiger partial charge in [-0.15, -0.1) is 0 Å². The number of halogens is 1. The number of aromatic hydroxyl groups is 1. The second-order valence-corrected chi connectivity index (χ2v) is 5.73. The molecule has 0 amide bonds. The van der Waals surface area contributed by atoms with Crippen LogP contribution < -0.4 is 10.3 Å². The summed E-state index contributed by atoms with van der Waals surface area (Å²) in [7, 11) is 1.57. The molecule has 0 bridgehead atoms. The number of aromatic nitrogens is 1. The summed E-state index contributed by atoms with van der Waals surface area (Å²) < 4.78 is 7.17. The van der Waals surface area contributed by atoms with Crippen LogP contribution in [0.25, 0.3) is 16.5 Å². The molecule has 1 aromatic heterocycles. The Morgan fingerprint density at radius 2 is 1.96 bits per heavy atom. The average Bonchev–Trinajstić information content (AvgIpc) is 2.57. The molecule has 0 spiro atoms. The Bertz CT molecular complexity index is 1000. The highest BCUT2D eigenvalue weighted by Crippen LogP contribution is 2.28. The van der Waals surface area contributed by atoms with Gasteiger partial charge in [0.1, 0.15) is 17.6 Å². The van der Waals surface area contributed by atoms with Gasteiger partial charge in [-0.3, -0.25) is 9.36 Å². The van der Waals surface area contributed by atoms with E-state index in [1.807, 2.05) is 6.07 Å². The molecular weight excluding hydrogens is 360 g/mol. The number of fused-ring (bicyclic) bond motifs is 1. The Morgan fingerprint density at radius 1 is 1.26 bits per heavy atom. The zero-order chi connectivity index (χ0) is 16.6. The van der Waals surface area contributed by atoms with Gasteiger partial charge in [0.15, 0.2) is 0 Å². The summed E-state index contributed by atoms with van der Waals surface area (Å²) in [4.78, 5) is 12.8. The third-order valence-electron chi connectivity index (χ3n) is 3.53. The molecule has 1 heterocycles. The summed E-state index contributed by atoms with van der Waals surface area (Å²) in [6.45, 7) is 0. The number of phenols is 1. The van der Waals surface area contributed by atoms with Crippen molar-refractivity contribution in [2.45, 2.75) is 0 Å². The summed E-state index contributed by atoms with van der Waals surface area (Å²) >= 11 is 3.40. The molecule has 0 aliphatic heterocycles. The van der Waals surface area contributed by atoms with Crippen LogP contribution in [-0.2, 0) is 0 Å². The van der Waals surface area contributed by atoms with Crippen LogP contribution in [0, 0.1) is 11.3 Å². The van der Waals surface area contributed by atoms with Crippen molar-refractivity contribution in [3.63, 3.8) is 0 Å². The lowest BCUT2D eigenvalue weighted by atomic mass is 10.1. The quantitative estimate of drug-likeness (QED) is 0.750. The number of hydrogen-bond acceptors (Lipinski definition) is 4. The molecule has 0 fully saturated rings. The summed E-state index contributed by atoms with van der Waals surface area (Å²) in [6, 6.07) is 11.7. The Kier molecular flexibility index (Phi) is 3.80. The van der Waals surface area contributed by atoms with E-state index < -0.39 is 0 Å². The number of rotatable bonds is 2. The van der Waals surface area contributed by atoms with Crippen molar-refractivity contribution < 1.29 is 9.84 Å². The maximum Gasteiger partial charge on any atom is 0.264 e. The van der Waals surface area contributed by atoms with E-state index in [-0.39, 0.29) is 22.3 Å². The number of methoxy groups -OCH3 is 1. The van der Waals surface area contributed by atoms with E-state index in [0.717, 1.165) is 0 Å². The van der Waals surface area contributed by atoms with Gasteiger partial charge in [0, 0.05) is 21.7 Å². The molecule has 0 atom stereocenters. The minimum Gasteiger partial charge on any atom is -0.508 e. The number of benzene rings is 2. The zero-order valence-electron chi connectivity index (χ0n) is 12.1. The molecule has 0 aliphatic carbocycles. The highest BCUT2D eigenvalue weighted by molar-refractivity contribution is 9.10. The van der Waals surface area contributed by atoms with Gasteiger partial charge < -0.3 is 9.84 Å². The molecule has 0 unspecified atom stereocenters. The Balaban J connectivity index is 2.35. The van der Waals surface area contributed by atoms with E-state index in [1.54, 1.807) is 37.6 Å². The molecule has 0 saturated carbocycles.